The minimum absolute atomic E-state index is 0.0890. The molecule has 134 valence electrons. The summed E-state index contributed by atoms with van der Waals surface area (Å²) in [6, 6.07) is 0. The van der Waals surface area contributed by atoms with Gasteiger partial charge in [0.2, 0.25) is 0 Å². The van der Waals surface area contributed by atoms with E-state index in [1.54, 1.807) is 6.08 Å². The molecule has 0 aromatic rings. The van der Waals surface area contributed by atoms with Crippen molar-refractivity contribution in [2.75, 3.05) is 6.61 Å². The van der Waals surface area contributed by atoms with Crippen LogP contribution in [0.3, 0.4) is 0 Å². The van der Waals surface area contributed by atoms with Gasteiger partial charge >= 0.3 is 5.97 Å². The monoisotopic (exact) mass is 344 g/mol. The van der Waals surface area contributed by atoms with Crippen LogP contribution in [0.15, 0.2) is 12.2 Å². The first-order chi connectivity index (χ1) is 11.7. The highest BCUT2D eigenvalue weighted by Gasteiger charge is 2.74. The summed E-state index contributed by atoms with van der Waals surface area (Å²) < 4.78 is 5.50. The van der Waals surface area contributed by atoms with Crippen LogP contribution < -0.4 is 0 Å². The fraction of sp³-hybridized carbons (Fsp3) is 0.700. The van der Waals surface area contributed by atoms with Crippen LogP contribution in [-0.4, -0.2) is 30.4 Å². The minimum atomic E-state index is -1.24. The van der Waals surface area contributed by atoms with Crippen LogP contribution in [-0.2, 0) is 23.9 Å². The molecule has 3 unspecified atom stereocenters. The number of aldehydes is 1. The highest BCUT2D eigenvalue weighted by molar-refractivity contribution is 6.10. The Balaban J connectivity index is 1.94. The van der Waals surface area contributed by atoms with E-state index in [0.717, 1.165) is 12.7 Å². The number of hydrogen-bond acceptors (Lipinski definition) is 5. The molecule has 0 amide bonds. The molecule has 1 heterocycles. The lowest BCUT2D eigenvalue weighted by Crippen LogP contribution is -2.66. The zero-order valence-corrected chi connectivity index (χ0v) is 14.9. The number of allylic oxidation sites excluding steroid dienone is 2. The van der Waals surface area contributed by atoms with Crippen LogP contribution >= 0.6 is 0 Å². The Morgan fingerprint density at radius 2 is 1.92 bits per heavy atom. The zero-order chi connectivity index (χ0) is 18.2. The van der Waals surface area contributed by atoms with Crippen molar-refractivity contribution < 1.29 is 23.9 Å². The largest absolute Gasteiger partial charge is 0.464 e. The molecule has 0 aromatic heterocycles. The van der Waals surface area contributed by atoms with Crippen LogP contribution in [0.1, 0.15) is 40.0 Å². The fourth-order valence-electron chi connectivity index (χ4n) is 6.25. The molecule has 1 aliphatic heterocycles. The SMILES string of the molecule is CC1C(=O)[C@]23CC1CC[C@H]2[C@]1(COC3=O)C(=O)C=CC(C)(C)C1C=O. The summed E-state index contributed by atoms with van der Waals surface area (Å²) in [6.07, 6.45) is 6.03. The summed E-state index contributed by atoms with van der Waals surface area (Å²) in [4.78, 5) is 51.1. The van der Waals surface area contributed by atoms with Crippen molar-refractivity contribution in [2.45, 2.75) is 40.0 Å². The lowest BCUT2D eigenvalue weighted by molar-refractivity contribution is -0.202. The van der Waals surface area contributed by atoms with E-state index >= 15 is 0 Å². The first-order valence-electron chi connectivity index (χ1n) is 9.12. The molecule has 3 fully saturated rings. The molecular formula is C20H24O5. The maximum absolute atomic E-state index is 13.1. The third kappa shape index (κ3) is 1.74. The van der Waals surface area contributed by atoms with Gasteiger partial charge in [-0.05, 0) is 42.6 Å². The fourth-order valence-corrected chi connectivity index (χ4v) is 6.25. The number of carbonyl (C=O) groups excluding carboxylic acids is 4. The van der Waals surface area contributed by atoms with Crippen molar-refractivity contribution in [3.05, 3.63) is 12.2 Å². The van der Waals surface area contributed by atoms with Gasteiger partial charge in [0.15, 0.2) is 11.6 Å². The maximum Gasteiger partial charge on any atom is 0.320 e. The first-order valence-corrected chi connectivity index (χ1v) is 9.12. The topological polar surface area (TPSA) is 77.5 Å². The lowest BCUT2D eigenvalue weighted by atomic mass is 9.46. The van der Waals surface area contributed by atoms with Crippen molar-refractivity contribution in [3.63, 3.8) is 0 Å². The van der Waals surface area contributed by atoms with E-state index in [9.17, 15) is 19.2 Å². The zero-order valence-electron chi connectivity index (χ0n) is 14.9. The quantitative estimate of drug-likeness (QED) is 0.414. The molecular weight excluding hydrogens is 320 g/mol. The van der Waals surface area contributed by atoms with Crippen LogP contribution in [0.2, 0.25) is 0 Å². The molecule has 4 aliphatic rings. The average Bonchev–Trinajstić information content (AvgIpc) is 2.77. The number of ketones is 2. The second-order valence-electron chi connectivity index (χ2n) is 8.97. The van der Waals surface area contributed by atoms with Gasteiger partial charge in [0.1, 0.15) is 18.3 Å². The molecule has 2 bridgehead atoms. The Kier molecular flexibility index (Phi) is 3.26. The molecule has 2 spiro atoms. The number of Topliss-reactive ketones (excluding diaryl/α,β-unsaturated/α-hetero) is 1. The standard InChI is InChI=1S/C20H24O5/c1-11-12-4-5-13-19(8-12,16(11)23)17(24)25-10-20(13)14(9-21)18(2,3)7-6-15(20)22/h6-7,9,11-14H,4-5,8,10H2,1-3H3/t11?,12?,13-,14?,19+,20+/m1/s1. The summed E-state index contributed by atoms with van der Waals surface area (Å²) in [6.45, 7) is 5.62. The van der Waals surface area contributed by atoms with Gasteiger partial charge in [0.25, 0.3) is 0 Å². The molecule has 4 rings (SSSR count). The first kappa shape index (κ1) is 16.7. The van der Waals surface area contributed by atoms with E-state index in [-0.39, 0.29) is 30.0 Å². The molecule has 0 aromatic carbocycles. The second kappa shape index (κ2) is 4.89. The molecule has 1 saturated heterocycles. The highest BCUT2D eigenvalue weighted by atomic mass is 16.5. The Labute approximate surface area is 147 Å². The van der Waals surface area contributed by atoms with Gasteiger partial charge in [0, 0.05) is 11.8 Å². The Morgan fingerprint density at radius 3 is 2.60 bits per heavy atom. The van der Waals surface area contributed by atoms with Crippen molar-refractivity contribution in [2.24, 2.45) is 39.9 Å². The van der Waals surface area contributed by atoms with Gasteiger partial charge in [0.05, 0.1) is 5.41 Å². The Bertz CT molecular complexity index is 720. The van der Waals surface area contributed by atoms with Crippen LogP contribution in [0.4, 0.5) is 0 Å². The third-order valence-corrected chi connectivity index (χ3v) is 7.61. The average molecular weight is 344 g/mol. The van der Waals surface area contributed by atoms with Gasteiger partial charge in [-0.3, -0.25) is 14.4 Å². The van der Waals surface area contributed by atoms with E-state index in [4.69, 9.17) is 4.74 Å². The second-order valence-corrected chi connectivity index (χ2v) is 8.97. The van der Waals surface area contributed by atoms with Crippen LogP contribution in [0, 0.1) is 39.9 Å². The van der Waals surface area contributed by atoms with Crippen molar-refractivity contribution in [1.82, 2.24) is 0 Å². The minimum Gasteiger partial charge on any atom is -0.464 e. The Hall–Kier alpha value is -1.78. The van der Waals surface area contributed by atoms with E-state index in [0.29, 0.717) is 12.8 Å². The van der Waals surface area contributed by atoms with Crippen molar-refractivity contribution in [3.8, 4) is 0 Å². The smallest absolute Gasteiger partial charge is 0.320 e. The summed E-state index contributed by atoms with van der Waals surface area (Å²) in [5.41, 5.74) is -2.87. The van der Waals surface area contributed by atoms with Gasteiger partial charge in [-0.15, -0.1) is 0 Å². The molecule has 0 radical (unpaired) electrons. The van der Waals surface area contributed by atoms with Gasteiger partial charge < -0.3 is 9.53 Å². The molecule has 3 aliphatic carbocycles. The van der Waals surface area contributed by atoms with Crippen LogP contribution in [0.25, 0.3) is 0 Å². The van der Waals surface area contributed by atoms with Gasteiger partial charge in [-0.2, -0.15) is 0 Å². The summed E-state index contributed by atoms with van der Waals surface area (Å²) in [7, 11) is 0. The number of hydrogen-bond donors (Lipinski definition) is 0. The van der Waals surface area contributed by atoms with Crippen molar-refractivity contribution >= 4 is 23.8 Å². The maximum atomic E-state index is 13.1. The molecule has 6 atom stereocenters. The number of rotatable bonds is 1. The summed E-state index contributed by atoms with van der Waals surface area (Å²) in [5.74, 6) is -1.81. The number of carbonyl (C=O) groups is 4. The lowest BCUT2D eigenvalue weighted by Gasteiger charge is -2.57. The number of fused-ring (bicyclic) bond motifs is 2. The highest BCUT2D eigenvalue weighted by Crippen LogP contribution is 2.66. The summed E-state index contributed by atoms with van der Waals surface area (Å²) in [5, 5.41) is 0. The number of esters is 1. The number of ether oxygens (including phenoxy) is 1. The Morgan fingerprint density at radius 1 is 1.20 bits per heavy atom. The molecule has 2 saturated carbocycles. The predicted octanol–water partition coefficient (Wildman–Crippen LogP) is 2.13. The van der Waals surface area contributed by atoms with Gasteiger partial charge in [-0.25, -0.2) is 0 Å². The molecule has 0 N–H and O–H groups in total. The summed E-state index contributed by atoms with van der Waals surface area (Å²) >= 11 is 0. The van der Waals surface area contributed by atoms with E-state index in [1.807, 2.05) is 20.8 Å². The number of cyclic esters (lactones) is 1. The predicted molar refractivity (Wildman–Crippen MR) is 88.3 cm³/mol. The van der Waals surface area contributed by atoms with Crippen molar-refractivity contribution in [1.29, 1.82) is 0 Å². The molecule has 25 heavy (non-hydrogen) atoms. The van der Waals surface area contributed by atoms with Crippen LogP contribution in [0.5, 0.6) is 0 Å². The van der Waals surface area contributed by atoms with Gasteiger partial charge in [-0.1, -0.05) is 26.8 Å². The molecule has 5 heteroatoms. The molecule has 5 nitrogen and oxygen atoms in total. The third-order valence-electron chi connectivity index (χ3n) is 7.61. The normalized spacial score (nSPS) is 47.6. The van der Waals surface area contributed by atoms with E-state index in [2.05, 4.69) is 0 Å². The van der Waals surface area contributed by atoms with E-state index in [1.165, 1.54) is 6.08 Å². The van der Waals surface area contributed by atoms with E-state index < -0.39 is 34.1 Å².